The van der Waals surface area contributed by atoms with Crippen molar-refractivity contribution >= 4 is 57.1 Å². The number of nitrogens with zero attached hydrogens (tertiary/aromatic N) is 3. The van der Waals surface area contributed by atoms with Crippen molar-refractivity contribution in [1.29, 1.82) is 0 Å². The summed E-state index contributed by atoms with van der Waals surface area (Å²) in [5.41, 5.74) is 2.00. The zero-order valence-electron chi connectivity index (χ0n) is 23.4. The van der Waals surface area contributed by atoms with E-state index in [9.17, 15) is 9.59 Å². The number of nitrogens with one attached hydrogen (secondary N) is 1. The lowest BCUT2D eigenvalue weighted by atomic mass is 10.1. The van der Waals surface area contributed by atoms with Gasteiger partial charge in [-0.1, -0.05) is 45.2 Å². The Balaban J connectivity index is 1.33. The smallest absolute Gasteiger partial charge is 0.413 e. The molecule has 1 fully saturated rings. The molecule has 1 aliphatic heterocycles. The van der Waals surface area contributed by atoms with Crippen LogP contribution in [0.3, 0.4) is 0 Å². The summed E-state index contributed by atoms with van der Waals surface area (Å²) in [5, 5.41) is 8.37. The number of aromatic nitrogens is 2. The van der Waals surface area contributed by atoms with E-state index in [1.807, 2.05) is 52.0 Å². The van der Waals surface area contributed by atoms with Crippen LogP contribution in [0.2, 0.25) is 10.0 Å². The molecule has 4 rings (SSSR count). The molecule has 1 aromatic heterocycles. The number of ether oxygens (including phenoxy) is 3. The number of likely N-dealkylation sites (tertiary alicyclic amines) is 1. The van der Waals surface area contributed by atoms with Crippen LogP contribution in [-0.4, -0.2) is 51.7 Å². The van der Waals surface area contributed by atoms with Crippen LogP contribution in [-0.2, 0) is 22.6 Å². The van der Waals surface area contributed by atoms with Crippen molar-refractivity contribution in [1.82, 2.24) is 14.7 Å². The number of aryl methyl sites for hydroxylation is 1. The first kappa shape index (κ1) is 31.0. The maximum absolute atomic E-state index is 12.6. The Morgan fingerprint density at radius 2 is 1.80 bits per heavy atom. The average Bonchev–Trinajstić information content (AvgIpc) is 3.21. The van der Waals surface area contributed by atoms with Crippen LogP contribution in [0.25, 0.3) is 0 Å². The summed E-state index contributed by atoms with van der Waals surface area (Å²) in [6, 6.07) is 12.8. The molecule has 0 unspecified atom stereocenters. The van der Waals surface area contributed by atoms with Gasteiger partial charge in [0.2, 0.25) is 0 Å². The van der Waals surface area contributed by atoms with Gasteiger partial charge in [-0.05, 0) is 58.0 Å². The fourth-order valence-electron chi connectivity index (χ4n) is 4.27. The second-order valence-electron chi connectivity index (χ2n) is 10.8. The van der Waals surface area contributed by atoms with Gasteiger partial charge in [0.05, 0.1) is 6.54 Å². The van der Waals surface area contributed by atoms with Gasteiger partial charge < -0.3 is 19.1 Å². The first-order valence-electron chi connectivity index (χ1n) is 13.2. The van der Waals surface area contributed by atoms with Crippen LogP contribution in [0.5, 0.6) is 5.75 Å². The Labute approximate surface area is 258 Å². The van der Waals surface area contributed by atoms with Crippen molar-refractivity contribution in [2.75, 3.05) is 18.4 Å². The topological polar surface area (TPSA) is 94.9 Å². The molecule has 3 aromatic rings. The van der Waals surface area contributed by atoms with Crippen molar-refractivity contribution in [3.05, 3.63) is 73.8 Å². The Bertz CT molecular complexity index is 1400. The third-order valence-corrected chi connectivity index (χ3v) is 7.40. The zero-order valence-corrected chi connectivity index (χ0v) is 26.5. The highest BCUT2D eigenvalue weighted by Crippen LogP contribution is 2.28. The molecule has 0 atom stereocenters. The van der Waals surface area contributed by atoms with Crippen LogP contribution in [0.15, 0.2) is 46.9 Å². The summed E-state index contributed by atoms with van der Waals surface area (Å²) in [5.74, 6) is 1.06. The highest BCUT2D eigenvalue weighted by Gasteiger charge is 2.28. The molecule has 2 heterocycles. The Kier molecular flexibility index (Phi) is 10.1. The molecule has 1 N–H and O–H groups in total. The molecule has 0 aliphatic carbocycles. The number of carbonyl (C=O) groups is 2. The van der Waals surface area contributed by atoms with Crippen molar-refractivity contribution in [3.8, 4) is 5.75 Å². The minimum Gasteiger partial charge on any atom is -0.488 e. The summed E-state index contributed by atoms with van der Waals surface area (Å²) < 4.78 is 19.8. The number of hydrogen-bond donors (Lipinski definition) is 1. The van der Waals surface area contributed by atoms with Crippen LogP contribution < -0.4 is 10.1 Å². The fraction of sp³-hybridized carbons (Fsp3) is 0.414. The molecule has 12 heteroatoms. The van der Waals surface area contributed by atoms with E-state index < -0.39 is 11.7 Å². The number of halogens is 3. The SMILES string of the molecule is Cc1cc(NC(=O)OC2CCN(C(=O)OC(C)(C)C)CC2)nn1Cc1cc(Br)ccc1OCc1ccc(Cl)cc1Cl. The molecule has 0 radical (unpaired) electrons. The van der Waals surface area contributed by atoms with Gasteiger partial charge in [-0.15, -0.1) is 0 Å². The van der Waals surface area contributed by atoms with Gasteiger partial charge in [0, 0.05) is 63.3 Å². The van der Waals surface area contributed by atoms with Gasteiger partial charge in [0.1, 0.15) is 24.1 Å². The standard InChI is InChI=1S/C29H33BrCl2N4O5/c1-18-13-26(33-27(37)40-23-9-11-35(12-10-23)28(38)41-29(2,3)4)34-36(18)16-20-14-21(30)6-8-25(20)39-17-19-5-7-22(31)15-24(19)32/h5-8,13-15,23H,9-12,16-17H2,1-4H3,(H,33,34,37). The number of carbonyl (C=O) groups excluding carboxylic acids is 2. The first-order valence-corrected chi connectivity index (χ1v) is 14.8. The van der Waals surface area contributed by atoms with Crippen molar-refractivity contribution in [2.45, 2.75) is 65.4 Å². The van der Waals surface area contributed by atoms with Gasteiger partial charge in [-0.3, -0.25) is 10.00 Å². The third-order valence-electron chi connectivity index (χ3n) is 6.32. The van der Waals surface area contributed by atoms with Gasteiger partial charge in [0.25, 0.3) is 0 Å². The second-order valence-corrected chi connectivity index (χ2v) is 12.6. The molecule has 9 nitrogen and oxygen atoms in total. The van der Waals surface area contributed by atoms with E-state index in [4.69, 9.17) is 37.4 Å². The molecule has 1 aliphatic rings. The van der Waals surface area contributed by atoms with Gasteiger partial charge in [0.15, 0.2) is 5.82 Å². The van der Waals surface area contributed by atoms with E-state index in [0.29, 0.717) is 54.1 Å². The largest absolute Gasteiger partial charge is 0.488 e. The molecule has 220 valence electrons. The summed E-state index contributed by atoms with van der Waals surface area (Å²) in [4.78, 5) is 26.5. The Morgan fingerprint density at radius 1 is 1.07 bits per heavy atom. The first-order chi connectivity index (χ1) is 19.4. The molecule has 0 bridgehead atoms. The lowest BCUT2D eigenvalue weighted by molar-refractivity contribution is 0.00793. The second kappa shape index (κ2) is 13.4. The predicted molar refractivity (Wildman–Crippen MR) is 162 cm³/mol. The lowest BCUT2D eigenvalue weighted by Crippen LogP contribution is -2.44. The maximum atomic E-state index is 12.6. The van der Waals surface area contributed by atoms with E-state index in [1.165, 1.54) is 0 Å². The number of amides is 2. The summed E-state index contributed by atoms with van der Waals surface area (Å²) in [6.07, 6.45) is -0.168. The molecular weight excluding hydrogens is 635 g/mol. The number of anilines is 1. The highest BCUT2D eigenvalue weighted by molar-refractivity contribution is 9.10. The maximum Gasteiger partial charge on any atom is 0.413 e. The third kappa shape index (κ3) is 9.02. The van der Waals surface area contributed by atoms with Crippen LogP contribution in [0, 0.1) is 6.92 Å². The summed E-state index contributed by atoms with van der Waals surface area (Å²) in [6.45, 7) is 9.01. The molecule has 2 aromatic carbocycles. The van der Waals surface area contributed by atoms with Crippen LogP contribution >= 0.6 is 39.1 Å². The highest BCUT2D eigenvalue weighted by atomic mass is 79.9. The lowest BCUT2D eigenvalue weighted by Gasteiger charge is -2.33. The van der Waals surface area contributed by atoms with Gasteiger partial charge in [-0.2, -0.15) is 5.10 Å². The van der Waals surface area contributed by atoms with Gasteiger partial charge in [-0.25, -0.2) is 9.59 Å². The molecule has 0 spiro atoms. The van der Waals surface area contributed by atoms with E-state index in [-0.39, 0.29) is 18.8 Å². The van der Waals surface area contributed by atoms with Crippen molar-refractivity contribution in [3.63, 3.8) is 0 Å². The zero-order chi connectivity index (χ0) is 29.7. The monoisotopic (exact) mass is 666 g/mol. The minimum atomic E-state index is -0.586. The Morgan fingerprint density at radius 3 is 2.49 bits per heavy atom. The molecule has 2 amide bonds. The van der Waals surface area contributed by atoms with Crippen molar-refractivity contribution < 1.29 is 23.8 Å². The average molecular weight is 668 g/mol. The fourth-order valence-corrected chi connectivity index (χ4v) is 5.14. The van der Waals surface area contributed by atoms with Crippen LogP contribution in [0.1, 0.15) is 50.4 Å². The molecule has 0 saturated carbocycles. The van der Waals surface area contributed by atoms with E-state index in [2.05, 4.69) is 26.3 Å². The van der Waals surface area contributed by atoms with Crippen LogP contribution in [0.4, 0.5) is 15.4 Å². The molecular formula is C29H33BrCl2N4O5. The molecule has 41 heavy (non-hydrogen) atoms. The van der Waals surface area contributed by atoms with Crippen molar-refractivity contribution in [2.24, 2.45) is 0 Å². The van der Waals surface area contributed by atoms with E-state index in [1.54, 1.807) is 27.8 Å². The van der Waals surface area contributed by atoms with E-state index in [0.717, 1.165) is 21.3 Å². The van der Waals surface area contributed by atoms with Gasteiger partial charge >= 0.3 is 12.2 Å². The number of hydrogen-bond acceptors (Lipinski definition) is 6. The minimum absolute atomic E-state index is 0.276. The Hall–Kier alpha value is -2.95. The predicted octanol–water partition coefficient (Wildman–Crippen LogP) is 7.84. The quantitative estimate of drug-likeness (QED) is 0.276. The molecule has 1 saturated heterocycles. The summed E-state index contributed by atoms with van der Waals surface area (Å²) in [7, 11) is 0. The summed E-state index contributed by atoms with van der Waals surface area (Å²) >= 11 is 15.8. The number of benzene rings is 2. The number of rotatable bonds is 7. The number of piperidine rings is 1. The van der Waals surface area contributed by atoms with E-state index >= 15 is 0 Å². The normalized spacial score (nSPS) is 14.1.